The van der Waals surface area contributed by atoms with Crippen LogP contribution in [0.1, 0.15) is 57.1 Å². The van der Waals surface area contributed by atoms with Crippen molar-refractivity contribution in [2.24, 2.45) is 0 Å². The van der Waals surface area contributed by atoms with E-state index in [2.05, 4.69) is 10.3 Å². The zero-order valence-corrected chi connectivity index (χ0v) is 15.5. The van der Waals surface area contributed by atoms with Gasteiger partial charge in [-0.05, 0) is 42.3 Å². The van der Waals surface area contributed by atoms with Gasteiger partial charge in [0.15, 0.2) is 5.13 Å². The first-order valence-corrected chi connectivity index (χ1v) is 9.10. The molecular formula is C22H25N3O2S. The van der Waals surface area contributed by atoms with Crippen molar-refractivity contribution < 1.29 is 25.0 Å². The van der Waals surface area contributed by atoms with Crippen LogP contribution in [-0.2, 0) is 17.6 Å². The van der Waals surface area contributed by atoms with Crippen molar-refractivity contribution in [1.82, 2.24) is 4.98 Å². The molecule has 3 rings (SSSR count). The second-order valence-electron chi connectivity index (χ2n) is 5.52. The summed E-state index contributed by atoms with van der Waals surface area (Å²) in [6.07, 6.45) is -14.3. The number of carbonyl (C=O) groups excluding carboxylic acids is 1. The number of thiazole rings is 1. The molecule has 0 radical (unpaired) electrons. The molecule has 1 aromatic heterocycles. The molecule has 6 heteroatoms. The Morgan fingerprint density at radius 1 is 1.32 bits per heavy atom. The van der Waals surface area contributed by atoms with E-state index in [0.717, 1.165) is 11.3 Å². The average Bonchev–Trinajstić information content (AvgIpc) is 3.24. The second kappa shape index (κ2) is 10.0. The Labute approximate surface area is 184 Å². The molecule has 0 saturated heterocycles. The van der Waals surface area contributed by atoms with E-state index in [0.29, 0.717) is 5.69 Å². The van der Waals surface area contributed by atoms with E-state index in [9.17, 15) is 9.90 Å². The number of nitrogens with one attached hydrogen (secondary N) is 1. The molecule has 1 amide bonds. The molecule has 0 aliphatic rings. The first-order chi connectivity index (χ1) is 17.8. The van der Waals surface area contributed by atoms with E-state index in [4.69, 9.17) is 20.8 Å². The fourth-order valence-corrected chi connectivity index (χ4v) is 2.71. The van der Waals surface area contributed by atoms with E-state index < -0.39 is 72.9 Å². The Kier molecular flexibility index (Phi) is 3.64. The van der Waals surface area contributed by atoms with Crippen LogP contribution in [0.25, 0.3) is 0 Å². The van der Waals surface area contributed by atoms with Crippen LogP contribution in [0.15, 0.2) is 59.9 Å². The van der Waals surface area contributed by atoms with Gasteiger partial charge in [-0.25, -0.2) is 4.98 Å². The van der Waals surface area contributed by atoms with Gasteiger partial charge in [0, 0.05) is 19.3 Å². The summed E-state index contributed by atoms with van der Waals surface area (Å²) in [6, 6.07) is 3.30. The number of nitrogen functional groups attached to an aromatic ring is 1. The van der Waals surface area contributed by atoms with Gasteiger partial charge in [0.05, 0.1) is 25.0 Å². The molecule has 0 aliphatic heterocycles. The standard InChI is InChI=1S/C22H25N3O2S/c23-22-25-19(15-28-22)14-21(27)24-18-12-10-16(11-13-18)6-4-5-9-20(26)17-7-2-1-3-8-17/h1-3,7-8,10-13,15,20,26H,4-6,9,14H2,(H2,23,25)(H,24,27)/t20-/m0/s1/i4D2,6D2,9D2,10D,11D,12D,13D,20D. The third kappa shape index (κ3) is 6.18. The zero-order chi connectivity index (χ0) is 29.6. The molecule has 0 saturated carbocycles. The molecule has 1 atom stereocenters. The molecule has 0 aliphatic carbocycles. The van der Waals surface area contributed by atoms with Crippen LogP contribution in [0.5, 0.6) is 0 Å². The highest BCUT2D eigenvalue weighted by Gasteiger charge is 2.08. The van der Waals surface area contributed by atoms with Gasteiger partial charge in [0.25, 0.3) is 0 Å². The van der Waals surface area contributed by atoms with E-state index in [-0.39, 0.29) is 17.1 Å². The molecule has 0 bridgehead atoms. The maximum absolute atomic E-state index is 12.4. The van der Waals surface area contributed by atoms with Crippen molar-refractivity contribution in [1.29, 1.82) is 0 Å². The maximum atomic E-state index is 12.4. The smallest absolute Gasteiger partial charge is 0.230 e. The molecule has 3 aromatic rings. The average molecular weight is 407 g/mol. The minimum absolute atomic E-state index is 0.198. The fourth-order valence-electron chi connectivity index (χ4n) is 2.15. The highest BCUT2D eigenvalue weighted by molar-refractivity contribution is 7.13. The van der Waals surface area contributed by atoms with Crippen molar-refractivity contribution in [2.75, 3.05) is 11.1 Å². The van der Waals surface area contributed by atoms with E-state index in [1.165, 1.54) is 29.6 Å². The Balaban J connectivity index is 1.97. The number of hydrogen-bond acceptors (Lipinski definition) is 5. The van der Waals surface area contributed by atoms with Crippen LogP contribution in [-0.4, -0.2) is 16.0 Å². The van der Waals surface area contributed by atoms with Gasteiger partial charge in [-0.3, -0.25) is 4.79 Å². The Morgan fingerprint density at radius 3 is 2.75 bits per heavy atom. The monoisotopic (exact) mass is 406 g/mol. The molecule has 146 valence electrons. The first-order valence-electron chi connectivity index (χ1n) is 13.7. The van der Waals surface area contributed by atoms with Crippen LogP contribution in [0, 0.1) is 0 Å². The highest BCUT2D eigenvalue weighted by Crippen LogP contribution is 2.20. The largest absolute Gasteiger partial charge is 0.388 e. The first kappa shape index (κ1) is 10.2. The molecule has 0 fully saturated rings. The molecular weight excluding hydrogens is 370 g/mol. The summed E-state index contributed by atoms with van der Waals surface area (Å²) in [5.41, 5.74) is 4.08. The van der Waals surface area contributed by atoms with Crippen molar-refractivity contribution >= 4 is 28.1 Å². The van der Waals surface area contributed by atoms with Crippen molar-refractivity contribution in [3.63, 3.8) is 0 Å². The Hall–Kier alpha value is -2.70. The number of aliphatic hydroxyl groups is 1. The summed E-state index contributed by atoms with van der Waals surface area (Å²) in [4.78, 5) is 16.4. The number of nitrogens with zero attached hydrogens (tertiary/aromatic N) is 1. The maximum Gasteiger partial charge on any atom is 0.230 e. The minimum atomic E-state index is -3.33. The quantitative estimate of drug-likeness (QED) is 0.493. The lowest BCUT2D eigenvalue weighted by atomic mass is 10.0. The molecule has 28 heavy (non-hydrogen) atoms. The highest BCUT2D eigenvalue weighted by atomic mass is 32.1. The number of benzene rings is 2. The van der Waals surface area contributed by atoms with Gasteiger partial charge < -0.3 is 16.2 Å². The predicted molar refractivity (Wildman–Crippen MR) is 114 cm³/mol. The Morgan fingerprint density at radius 2 is 2.07 bits per heavy atom. The normalized spacial score (nSPS) is 20.2. The van der Waals surface area contributed by atoms with Gasteiger partial charge in [-0.2, -0.15) is 0 Å². The zero-order valence-electron chi connectivity index (χ0n) is 25.7. The van der Waals surface area contributed by atoms with Crippen LogP contribution in [0.4, 0.5) is 10.8 Å². The molecule has 5 nitrogen and oxygen atoms in total. The summed E-state index contributed by atoms with van der Waals surface area (Å²) in [6.45, 7) is 0. The summed E-state index contributed by atoms with van der Waals surface area (Å²) in [5.74, 6) is -0.740. The summed E-state index contributed by atoms with van der Waals surface area (Å²) >= 11 is 1.10. The lowest BCUT2D eigenvalue weighted by molar-refractivity contribution is -0.115. The molecule has 0 unspecified atom stereocenters. The summed E-state index contributed by atoms with van der Waals surface area (Å²) < 4.78 is 91.5. The fraction of sp³-hybridized carbons (Fsp3) is 0.273. The van der Waals surface area contributed by atoms with Crippen LogP contribution in [0.3, 0.4) is 0 Å². The van der Waals surface area contributed by atoms with E-state index >= 15 is 0 Å². The number of anilines is 2. The topological polar surface area (TPSA) is 88.2 Å². The van der Waals surface area contributed by atoms with Crippen molar-refractivity contribution in [3.8, 4) is 0 Å². The number of carbonyl (C=O) groups is 1. The van der Waals surface area contributed by atoms with Gasteiger partial charge in [-0.15, -0.1) is 11.3 Å². The Bertz CT molecular complexity index is 1350. The predicted octanol–water partition coefficient (Wildman–Crippen LogP) is 4.35. The molecule has 4 N–H and O–H groups in total. The number of rotatable bonds is 9. The van der Waals surface area contributed by atoms with Crippen molar-refractivity contribution in [3.05, 3.63) is 76.7 Å². The summed E-state index contributed by atoms with van der Waals surface area (Å²) in [5, 5.41) is 14.7. The lowest BCUT2D eigenvalue weighted by Gasteiger charge is -2.10. The van der Waals surface area contributed by atoms with Gasteiger partial charge in [-0.1, -0.05) is 48.8 Å². The van der Waals surface area contributed by atoms with E-state index in [1.807, 2.05) is 0 Å². The second-order valence-corrected chi connectivity index (χ2v) is 6.41. The van der Waals surface area contributed by atoms with Gasteiger partial charge in [0.2, 0.25) is 5.91 Å². The molecule has 2 aromatic carbocycles. The number of amides is 1. The van der Waals surface area contributed by atoms with E-state index in [1.54, 1.807) is 6.07 Å². The number of nitrogens with two attached hydrogens (primary N) is 1. The summed E-state index contributed by atoms with van der Waals surface area (Å²) in [7, 11) is 0. The minimum Gasteiger partial charge on any atom is -0.388 e. The third-order valence-corrected chi connectivity index (χ3v) is 4.13. The van der Waals surface area contributed by atoms with Crippen molar-refractivity contribution in [2.45, 2.75) is 38.0 Å². The van der Waals surface area contributed by atoms with Gasteiger partial charge in [0.1, 0.15) is 0 Å². The third-order valence-electron chi connectivity index (χ3n) is 3.41. The SMILES string of the molecule is [2H]c1c([2H])c(C([2H])([2H])C([2H])([2H])CC([2H])([2H])[C@]([2H])(O)c2ccccc2)c([2H])c([2H])c1NC(=O)Cc1csc(N)n1. The van der Waals surface area contributed by atoms with Crippen LogP contribution >= 0.6 is 11.3 Å². The van der Waals surface area contributed by atoms with Gasteiger partial charge >= 0.3 is 0 Å². The van der Waals surface area contributed by atoms with Crippen LogP contribution in [0.2, 0.25) is 0 Å². The molecule has 0 spiro atoms. The van der Waals surface area contributed by atoms with Crippen LogP contribution < -0.4 is 11.1 Å². The number of hydrogen-bond donors (Lipinski definition) is 3. The number of aromatic nitrogens is 1. The molecule has 1 heterocycles. The lowest BCUT2D eigenvalue weighted by Crippen LogP contribution is -2.14.